The van der Waals surface area contributed by atoms with Gasteiger partial charge in [-0.15, -0.1) is 0 Å². The Morgan fingerprint density at radius 3 is 1.29 bits per heavy atom. The third kappa shape index (κ3) is 39.3. The van der Waals surface area contributed by atoms with Gasteiger partial charge in [-0.3, -0.25) is 19.3 Å². The van der Waals surface area contributed by atoms with Crippen molar-refractivity contribution in [1.29, 1.82) is 0 Å². The number of hydrogen-bond acceptors (Lipinski definition) is 9. The van der Waals surface area contributed by atoms with Crippen molar-refractivity contribution in [2.75, 3.05) is 46.1 Å². The maximum Gasteiger partial charge on any atom is 0.307 e. The number of aliphatic hydroxyl groups is 2. The van der Waals surface area contributed by atoms with Gasteiger partial charge in [-0.1, -0.05) is 127 Å². The molecule has 0 radical (unpaired) electrons. The number of allylic oxidation sites excluding steroid dienone is 8. The number of carbonyl (C=O) groups is 3. The number of nitrogens with zero attached hydrogens (tertiary/aromatic N) is 1. The Kier molecular flexibility index (Phi) is 40.3. The lowest BCUT2D eigenvalue weighted by atomic mass is 10.1. The van der Waals surface area contributed by atoms with Crippen LogP contribution < -0.4 is 0 Å². The lowest BCUT2D eigenvalue weighted by molar-refractivity contribution is -0.167. The molecule has 0 heterocycles. The number of esters is 3. The zero-order chi connectivity index (χ0) is 40.3. The normalized spacial score (nSPS) is 12.5. The summed E-state index contributed by atoms with van der Waals surface area (Å²) in [5.74, 6) is -1.24. The molecule has 0 aromatic rings. The molecule has 0 unspecified atom stereocenters. The van der Waals surface area contributed by atoms with Crippen LogP contribution in [0.25, 0.3) is 0 Å². The maximum absolute atomic E-state index is 12.7. The Balaban J connectivity index is 4.45. The van der Waals surface area contributed by atoms with E-state index < -0.39 is 18.0 Å². The maximum atomic E-state index is 12.7. The first-order chi connectivity index (χ1) is 27.0. The summed E-state index contributed by atoms with van der Waals surface area (Å²) >= 11 is 0. The fraction of sp³-hybridized carbons (Fsp3) is 0.761. The largest absolute Gasteiger partial charge is 0.462 e. The van der Waals surface area contributed by atoms with Gasteiger partial charge in [0.05, 0.1) is 19.6 Å². The molecule has 1 atom stereocenters. The van der Waals surface area contributed by atoms with Crippen molar-refractivity contribution in [3.8, 4) is 0 Å². The lowest BCUT2D eigenvalue weighted by Gasteiger charge is -2.20. The Hall–Kier alpha value is -2.75. The van der Waals surface area contributed by atoms with E-state index in [9.17, 15) is 24.6 Å². The highest BCUT2D eigenvalue weighted by Crippen LogP contribution is 2.12. The molecular formula is C46H81NO8. The summed E-state index contributed by atoms with van der Waals surface area (Å²) in [6.07, 6.45) is 41.9. The fourth-order valence-corrected chi connectivity index (χ4v) is 5.91. The zero-order valence-corrected chi connectivity index (χ0v) is 35.1. The first-order valence-corrected chi connectivity index (χ1v) is 22.0. The average molecular weight is 776 g/mol. The molecule has 0 aromatic heterocycles. The predicted octanol–water partition coefficient (Wildman–Crippen LogP) is 10.3. The van der Waals surface area contributed by atoms with Crippen LogP contribution in [-0.2, 0) is 28.6 Å². The average Bonchev–Trinajstić information content (AvgIpc) is 3.18. The molecule has 55 heavy (non-hydrogen) atoms. The van der Waals surface area contributed by atoms with Crippen molar-refractivity contribution < 1.29 is 38.8 Å². The van der Waals surface area contributed by atoms with E-state index in [0.29, 0.717) is 32.5 Å². The summed E-state index contributed by atoms with van der Waals surface area (Å²) in [5.41, 5.74) is 0. The van der Waals surface area contributed by atoms with Gasteiger partial charge in [0.2, 0.25) is 0 Å². The first-order valence-electron chi connectivity index (χ1n) is 22.0. The highest BCUT2D eigenvalue weighted by molar-refractivity contribution is 5.71. The van der Waals surface area contributed by atoms with Crippen molar-refractivity contribution in [1.82, 2.24) is 4.90 Å². The SMILES string of the molecule is CCCCC/C=C\C/C=C\CCCCCCCC(=O)OC[C@H](COC(=O)CCN(CCO)CCO)OC(=O)CCCCCCC/C=C\C/C=C\CCCCC. The first kappa shape index (κ1) is 52.2. The highest BCUT2D eigenvalue weighted by atomic mass is 16.6. The van der Waals surface area contributed by atoms with Crippen molar-refractivity contribution in [2.45, 2.75) is 180 Å². The van der Waals surface area contributed by atoms with E-state index in [4.69, 9.17) is 14.2 Å². The minimum Gasteiger partial charge on any atom is -0.462 e. The Bertz CT molecular complexity index is 1000. The third-order valence-electron chi connectivity index (χ3n) is 9.29. The van der Waals surface area contributed by atoms with Gasteiger partial charge >= 0.3 is 17.9 Å². The summed E-state index contributed by atoms with van der Waals surface area (Å²) in [7, 11) is 0. The molecule has 0 rings (SSSR count). The van der Waals surface area contributed by atoms with Crippen LogP contribution in [-0.4, -0.2) is 85.2 Å². The van der Waals surface area contributed by atoms with Crippen molar-refractivity contribution in [2.24, 2.45) is 0 Å². The van der Waals surface area contributed by atoms with Crippen molar-refractivity contribution >= 4 is 17.9 Å². The van der Waals surface area contributed by atoms with Gasteiger partial charge in [0, 0.05) is 32.5 Å². The second-order valence-electron chi connectivity index (χ2n) is 14.5. The van der Waals surface area contributed by atoms with Crippen LogP contribution >= 0.6 is 0 Å². The molecule has 0 saturated carbocycles. The molecule has 0 aliphatic heterocycles. The molecular weight excluding hydrogens is 695 g/mol. The smallest absolute Gasteiger partial charge is 0.307 e. The zero-order valence-electron chi connectivity index (χ0n) is 35.1. The minimum absolute atomic E-state index is 0.0548. The summed E-state index contributed by atoms with van der Waals surface area (Å²) in [6.45, 7) is 4.92. The Morgan fingerprint density at radius 2 is 0.855 bits per heavy atom. The molecule has 0 aliphatic rings. The highest BCUT2D eigenvalue weighted by Gasteiger charge is 2.20. The number of unbranched alkanes of at least 4 members (excludes halogenated alkanes) is 16. The van der Waals surface area contributed by atoms with Gasteiger partial charge in [0.25, 0.3) is 0 Å². The predicted molar refractivity (Wildman–Crippen MR) is 226 cm³/mol. The summed E-state index contributed by atoms with van der Waals surface area (Å²) in [4.78, 5) is 39.4. The van der Waals surface area contributed by atoms with Crippen LogP contribution in [0, 0.1) is 0 Å². The van der Waals surface area contributed by atoms with Gasteiger partial charge in [0.1, 0.15) is 13.2 Å². The van der Waals surface area contributed by atoms with Crippen molar-refractivity contribution in [3.05, 3.63) is 48.6 Å². The van der Waals surface area contributed by atoms with E-state index >= 15 is 0 Å². The molecule has 9 heteroatoms. The van der Waals surface area contributed by atoms with E-state index in [-0.39, 0.29) is 45.2 Å². The molecule has 0 bridgehead atoms. The topological polar surface area (TPSA) is 123 Å². The Morgan fingerprint density at radius 1 is 0.473 bits per heavy atom. The minimum atomic E-state index is -0.881. The summed E-state index contributed by atoms with van der Waals surface area (Å²) in [6, 6.07) is 0. The lowest BCUT2D eigenvalue weighted by Crippen LogP contribution is -2.33. The molecule has 0 amide bonds. The van der Waals surface area contributed by atoms with Gasteiger partial charge in [0.15, 0.2) is 6.10 Å². The number of hydrogen-bond donors (Lipinski definition) is 2. The van der Waals surface area contributed by atoms with E-state index in [0.717, 1.165) is 83.5 Å². The number of carbonyl (C=O) groups excluding carboxylic acids is 3. The summed E-state index contributed by atoms with van der Waals surface area (Å²) in [5, 5.41) is 18.4. The standard InChI is InChI=1S/C46H81NO8/c1-3-5-7-9-11-13-15-17-19-21-23-25-27-29-31-33-44(50)53-41-43(42-54-45(51)35-36-47(37-39-48)38-40-49)55-46(52)34-32-30-28-26-24-22-20-18-16-14-12-10-8-6-4-2/h11-14,17-20,43,48-49H,3-10,15-16,21-42H2,1-2H3/b13-11-,14-12-,19-17-,20-18-/t43-/m1/s1. The van der Waals surface area contributed by atoms with Gasteiger partial charge < -0.3 is 24.4 Å². The van der Waals surface area contributed by atoms with Gasteiger partial charge in [-0.2, -0.15) is 0 Å². The molecule has 318 valence electrons. The van der Waals surface area contributed by atoms with E-state index in [1.807, 2.05) is 0 Å². The quantitative estimate of drug-likeness (QED) is 0.0271. The van der Waals surface area contributed by atoms with Crippen LogP contribution in [0.4, 0.5) is 0 Å². The number of aliphatic hydroxyl groups excluding tert-OH is 2. The van der Waals surface area contributed by atoms with Crippen LogP contribution in [0.5, 0.6) is 0 Å². The van der Waals surface area contributed by atoms with E-state index in [1.165, 1.54) is 51.4 Å². The number of rotatable bonds is 40. The second-order valence-corrected chi connectivity index (χ2v) is 14.5. The Labute approximate surface area is 336 Å². The fourth-order valence-electron chi connectivity index (χ4n) is 5.91. The summed E-state index contributed by atoms with van der Waals surface area (Å²) < 4.78 is 16.5. The van der Waals surface area contributed by atoms with Crippen LogP contribution in [0.15, 0.2) is 48.6 Å². The monoisotopic (exact) mass is 776 g/mol. The molecule has 0 spiro atoms. The van der Waals surface area contributed by atoms with Crippen LogP contribution in [0.2, 0.25) is 0 Å². The molecule has 9 nitrogen and oxygen atoms in total. The molecule has 0 aliphatic carbocycles. The molecule has 0 saturated heterocycles. The molecule has 2 N–H and O–H groups in total. The van der Waals surface area contributed by atoms with E-state index in [1.54, 1.807) is 4.90 Å². The van der Waals surface area contributed by atoms with Crippen LogP contribution in [0.1, 0.15) is 174 Å². The third-order valence-corrected chi connectivity index (χ3v) is 9.29. The number of ether oxygens (including phenoxy) is 3. The molecule has 0 aromatic carbocycles. The van der Waals surface area contributed by atoms with E-state index in [2.05, 4.69) is 62.5 Å². The van der Waals surface area contributed by atoms with Gasteiger partial charge in [-0.25, -0.2) is 0 Å². The second kappa shape index (κ2) is 42.4. The van der Waals surface area contributed by atoms with Crippen LogP contribution in [0.3, 0.4) is 0 Å². The molecule has 0 fully saturated rings. The van der Waals surface area contributed by atoms with Gasteiger partial charge in [-0.05, 0) is 77.0 Å². The van der Waals surface area contributed by atoms with Crippen molar-refractivity contribution in [3.63, 3.8) is 0 Å².